The molecular weight excluding hydrogens is 248 g/mol. The van der Waals surface area contributed by atoms with Crippen LogP contribution in [0.25, 0.3) is 0 Å². The van der Waals surface area contributed by atoms with Crippen molar-refractivity contribution in [1.29, 1.82) is 0 Å². The second-order valence-corrected chi connectivity index (χ2v) is 6.26. The van der Waals surface area contributed by atoms with Crippen LogP contribution in [0.2, 0.25) is 0 Å². The van der Waals surface area contributed by atoms with Crippen molar-refractivity contribution in [2.75, 3.05) is 19.6 Å². The Morgan fingerprint density at radius 3 is 2.94 bits per heavy atom. The van der Waals surface area contributed by atoms with Crippen molar-refractivity contribution >= 4 is 17.3 Å². The molecule has 0 radical (unpaired) electrons. The third-order valence-corrected chi connectivity index (χ3v) is 4.50. The lowest BCUT2D eigenvalue weighted by molar-refractivity contribution is -0.136. The first-order valence-corrected chi connectivity index (χ1v) is 7.33. The van der Waals surface area contributed by atoms with Gasteiger partial charge in [-0.2, -0.15) is 0 Å². The molecule has 2 heterocycles. The highest BCUT2D eigenvalue weighted by atomic mass is 32.1. The number of carbonyl (C=O) groups is 1. The van der Waals surface area contributed by atoms with E-state index in [2.05, 4.69) is 16.8 Å². The van der Waals surface area contributed by atoms with Crippen molar-refractivity contribution < 1.29 is 9.90 Å². The lowest BCUT2D eigenvalue weighted by Crippen LogP contribution is -2.34. The van der Waals surface area contributed by atoms with Gasteiger partial charge in [0.1, 0.15) is 0 Å². The number of piperidine rings is 1. The van der Waals surface area contributed by atoms with E-state index in [4.69, 9.17) is 5.11 Å². The Morgan fingerprint density at radius 2 is 2.28 bits per heavy atom. The van der Waals surface area contributed by atoms with Crippen LogP contribution >= 0.6 is 11.3 Å². The molecule has 18 heavy (non-hydrogen) atoms. The zero-order valence-electron chi connectivity index (χ0n) is 10.8. The molecule has 0 spiro atoms. The normalized spacial score (nSPS) is 18.1. The summed E-state index contributed by atoms with van der Waals surface area (Å²) >= 11 is 1.53. The van der Waals surface area contributed by atoms with Crippen LogP contribution in [-0.4, -0.2) is 40.6 Å². The average molecular weight is 268 g/mol. The summed E-state index contributed by atoms with van der Waals surface area (Å²) in [4.78, 5) is 18.2. The van der Waals surface area contributed by atoms with Gasteiger partial charge in [0.2, 0.25) is 0 Å². The van der Waals surface area contributed by atoms with Gasteiger partial charge in [0, 0.05) is 24.0 Å². The van der Waals surface area contributed by atoms with E-state index < -0.39 is 5.97 Å². The molecule has 100 valence electrons. The molecule has 0 unspecified atom stereocenters. The second-order valence-electron chi connectivity index (χ2n) is 5.06. The van der Waals surface area contributed by atoms with Crippen LogP contribution < -0.4 is 0 Å². The Balaban J connectivity index is 1.76. The molecule has 1 fully saturated rings. The lowest BCUT2D eigenvalue weighted by Gasteiger charge is -2.29. The predicted octanol–water partition coefficient (Wildman–Crippen LogP) is 2.04. The van der Waals surface area contributed by atoms with E-state index in [0.29, 0.717) is 0 Å². The van der Waals surface area contributed by atoms with Gasteiger partial charge in [0.05, 0.1) is 11.4 Å². The highest BCUT2D eigenvalue weighted by Gasteiger charge is 2.15. The molecule has 1 aromatic rings. The molecular formula is C13H20N2O2S. The number of aliphatic carboxylic acids is 1. The Labute approximate surface area is 112 Å². The maximum atomic E-state index is 10.6. The molecule has 1 aromatic heterocycles. The van der Waals surface area contributed by atoms with E-state index in [1.54, 1.807) is 6.20 Å². The lowest BCUT2D eigenvalue weighted by atomic mass is 9.99. The van der Waals surface area contributed by atoms with Crippen LogP contribution in [0, 0.1) is 5.92 Å². The average Bonchev–Trinajstić information content (AvgIpc) is 2.75. The summed E-state index contributed by atoms with van der Waals surface area (Å²) < 4.78 is 0. The first kappa shape index (κ1) is 13.5. The molecule has 1 aliphatic heterocycles. The van der Waals surface area contributed by atoms with Gasteiger partial charge in [-0.15, -0.1) is 11.3 Å². The quantitative estimate of drug-likeness (QED) is 0.888. The maximum Gasteiger partial charge on any atom is 0.308 e. The molecule has 1 N–H and O–H groups in total. The molecule has 1 aliphatic rings. The number of thiazole rings is 1. The molecule has 1 saturated heterocycles. The topological polar surface area (TPSA) is 53.4 Å². The van der Waals surface area contributed by atoms with Crippen molar-refractivity contribution in [2.24, 2.45) is 5.92 Å². The van der Waals surface area contributed by atoms with Crippen molar-refractivity contribution in [3.8, 4) is 0 Å². The summed E-state index contributed by atoms with van der Waals surface area (Å²) in [5.41, 5.74) is 0. The minimum absolute atomic E-state index is 0.0961. The van der Waals surface area contributed by atoms with Gasteiger partial charge in [-0.05, 0) is 31.8 Å². The second kappa shape index (κ2) is 6.29. The van der Waals surface area contributed by atoms with Gasteiger partial charge >= 0.3 is 5.97 Å². The summed E-state index contributed by atoms with van der Waals surface area (Å²) in [7, 11) is 0. The monoisotopic (exact) mass is 268 g/mol. The standard InChI is InChI=1S/C13H20N2O2S/c1-10-2-5-15(6-3-10)7-4-12-14-9-11(18-12)8-13(16)17/h9-10H,2-8H2,1H3,(H,16,17). The Morgan fingerprint density at radius 1 is 1.56 bits per heavy atom. The van der Waals surface area contributed by atoms with Gasteiger partial charge < -0.3 is 10.0 Å². The molecule has 0 aliphatic carbocycles. The molecule has 4 nitrogen and oxygen atoms in total. The fraction of sp³-hybridized carbons (Fsp3) is 0.692. The summed E-state index contributed by atoms with van der Waals surface area (Å²) in [5.74, 6) is 0.0819. The Hall–Kier alpha value is -0.940. The summed E-state index contributed by atoms with van der Waals surface area (Å²) in [6, 6.07) is 0. The van der Waals surface area contributed by atoms with E-state index in [1.165, 1.54) is 37.3 Å². The highest BCUT2D eigenvalue weighted by molar-refractivity contribution is 7.11. The number of rotatable bonds is 5. The van der Waals surface area contributed by atoms with Crippen LogP contribution in [-0.2, 0) is 17.6 Å². The molecule has 0 atom stereocenters. The number of hydrogen-bond donors (Lipinski definition) is 1. The first-order valence-electron chi connectivity index (χ1n) is 6.51. The fourth-order valence-corrected chi connectivity index (χ4v) is 3.14. The summed E-state index contributed by atoms with van der Waals surface area (Å²) in [6.07, 6.45) is 5.33. The SMILES string of the molecule is CC1CCN(CCc2ncc(CC(=O)O)s2)CC1. The van der Waals surface area contributed by atoms with Crippen molar-refractivity contribution in [3.05, 3.63) is 16.1 Å². The van der Waals surface area contributed by atoms with Crippen LogP contribution in [0.1, 0.15) is 29.7 Å². The summed E-state index contributed by atoms with van der Waals surface area (Å²) in [6.45, 7) is 5.74. The third-order valence-electron chi connectivity index (χ3n) is 3.45. The molecule has 5 heteroatoms. The zero-order chi connectivity index (χ0) is 13.0. The van der Waals surface area contributed by atoms with E-state index in [1.807, 2.05) is 0 Å². The number of hydrogen-bond acceptors (Lipinski definition) is 4. The largest absolute Gasteiger partial charge is 0.481 e. The number of aromatic nitrogens is 1. The van der Waals surface area contributed by atoms with Gasteiger partial charge in [-0.3, -0.25) is 4.79 Å². The van der Waals surface area contributed by atoms with Crippen molar-refractivity contribution in [2.45, 2.75) is 32.6 Å². The minimum atomic E-state index is -0.782. The van der Waals surface area contributed by atoms with Gasteiger partial charge in [-0.25, -0.2) is 4.98 Å². The molecule has 0 amide bonds. The van der Waals surface area contributed by atoms with Crippen LogP contribution in [0.4, 0.5) is 0 Å². The van der Waals surface area contributed by atoms with Gasteiger partial charge in [0.15, 0.2) is 0 Å². The summed E-state index contributed by atoms with van der Waals surface area (Å²) in [5, 5.41) is 9.77. The number of nitrogens with zero attached hydrogens (tertiary/aromatic N) is 2. The molecule has 0 saturated carbocycles. The maximum absolute atomic E-state index is 10.6. The number of carboxylic acid groups (broad SMARTS) is 1. The minimum Gasteiger partial charge on any atom is -0.481 e. The third kappa shape index (κ3) is 4.07. The van der Waals surface area contributed by atoms with Gasteiger partial charge in [-0.1, -0.05) is 6.92 Å². The smallest absolute Gasteiger partial charge is 0.308 e. The molecule has 2 rings (SSSR count). The fourth-order valence-electron chi connectivity index (χ4n) is 2.23. The zero-order valence-corrected chi connectivity index (χ0v) is 11.6. The highest BCUT2D eigenvalue weighted by Crippen LogP contribution is 2.18. The van der Waals surface area contributed by atoms with Crippen molar-refractivity contribution in [3.63, 3.8) is 0 Å². The Bertz CT molecular complexity index is 397. The van der Waals surface area contributed by atoms with E-state index >= 15 is 0 Å². The predicted molar refractivity (Wildman–Crippen MR) is 72.0 cm³/mol. The van der Waals surface area contributed by atoms with Crippen LogP contribution in [0.5, 0.6) is 0 Å². The van der Waals surface area contributed by atoms with E-state index in [0.717, 1.165) is 28.8 Å². The van der Waals surface area contributed by atoms with Crippen LogP contribution in [0.15, 0.2) is 6.20 Å². The molecule has 0 bridgehead atoms. The first-order chi connectivity index (χ1) is 8.63. The van der Waals surface area contributed by atoms with Gasteiger partial charge in [0.25, 0.3) is 0 Å². The Kier molecular flexibility index (Phi) is 4.72. The molecule has 0 aromatic carbocycles. The number of likely N-dealkylation sites (tertiary alicyclic amines) is 1. The van der Waals surface area contributed by atoms with Crippen molar-refractivity contribution in [1.82, 2.24) is 9.88 Å². The van der Waals surface area contributed by atoms with Crippen LogP contribution in [0.3, 0.4) is 0 Å². The van der Waals surface area contributed by atoms with E-state index in [-0.39, 0.29) is 6.42 Å². The number of carboxylic acids is 1. The van der Waals surface area contributed by atoms with E-state index in [9.17, 15) is 4.79 Å².